The van der Waals surface area contributed by atoms with Gasteiger partial charge in [0.15, 0.2) is 12.4 Å². The highest BCUT2D eigenvalue weighted by atomic mass is 16.4. The van der Waals surface area contributed by atoms with E-state index < -0.39 is 0 Å². The quantitative estimate of drug-likeness (QED) is 0.372. The largest absolute Gasteiger partial charge is 0.411 e. The molecular weight excluding hydrogens is 230 g/mol. The Morgan fingerprint density at radius 3 is 2.94 bits per heavy atom. The molecule has 5 heteroatoms. The third kappa shape index (κ3) is 3.29. The average molecular weight is 248 g/mol. The van der Waals surface area contributed by atoms with Crippen LogP contribution in [0.15, 0.2) is 29.7 Å². The summed E-state index contributed by atoms with van der Waals surface area (Å²) in [4.78, 5) is 14.0. The van der Waals surface area contributed by atoms with Crippen LogP contribution in [0.4, 0.5) is 0 Å². The molecule has 5 nitrogen and oxygen atoms in total. The lowest BCUT2D eigenvalue weighted by molar-refractivity contribution is -0.685. The van der Waals surface area contributed by atoms with Crippen molar-refractivity contribution in [1.82, 2.24) is 4.90 Å². The van der Waals surface area contributed by atoms with E-state index in [0.717, 1.165) is 31.5 Å². The van der Waals surface area contributed by atoms with Crippen LogP contribution in [-0.4, -0.2) is 35.3 Å². The van der Waals surface area contributed by atoms with Crippen LogP contribution in [0.3, 0.4) is 0 Å². The Balaban J connectivity index is 1.99. The number of pyridine rings is 1. The van der Waals surface area contributed by atoms with Crippen molar-refractivity contribution in [2.75, 3.05) is 13.1 Å². The minimum atomic E-state index is 0.151. The fourth-order valence-corrected chi connectivity index (χ4v) is 2.18. The zero-order valence-electron chi connectivity index (χ0n) is 10.3. The minimum Gasteiger partial charge on any atom is -0.411 e. The number of nitrogens with zero attached hydrogens (tertiary/aromatic N) is 3. The average Bonchev–Trinajstić information content (AvgIpc) is 2.40. The highest BCUT2D eigenvalue weighted by molar-refractivity contribution is 5.78. The Hall–Kier alpha value is -1.91. The molecule has 1 fully saturated rings. The van der Waals surface area contributed by atoms with E-state index in [0.29, 0.717) is 6.54 Å². The molecule has 2 rings (SSSR count). The number of aromatic nitrogens is 1. The number of hydrogen-bond donors (Lipinski definition) is 1. The van der Waals surface area contributed by atoms with Gasteiger partial charge in [-0.05, 0) is 25.3 Å². The Morgan fingerprint density at radius 2 is 2.22 bits per heavy atom. The van der Waals surface area contributed by atoms with Gasteiger partial charge >= 0.3 is 0 Å². The highest BCUT2D eigenvalue weighted by Gasteiger charge is 2.19. The SMILES string of the molecule is O=C(C[n+]1cccc(C=NO)c1)N1CCCCC1. The number of carbonyl (C=O) groups excluding carboxylic acids is 1. The Kier molecular flexibility index (Phi) is 4.28. The van der Waals surface area contributed by atoms with Crippen molar-refractivity contribution < 1.29 is 14.6 Å². The molecule has 0 radical (unpaired) electrons. The van der Waals surface area contributed by atoms with Gasteiger partial charge in [0.25, 0.3) is 5.91 Å². The van der Waals surface area contributed by atoms with E-state index in [1.54, 1.807) is 6.20 Å². The topological polar surface area (TPSA) is 56.8 Å². The van der Waals surface area contributed by atoms with Crippen molar-refractivity contribution in [2.45, 2.75) is 25.8 Å². The van der Waals surface area contributed by atoms with Crippen molar-refractivity contribution in [3.63, 3.8) is 0 Å². The third-order valence-electron chi connectivity index (χ3n) is 3.11. The van der Waals surface area contributed by atoms with Crippen LogP contribution in [0.2, 0.25) is 0 Å². The zero-order chi connectivity index (χ0) is 12.8. The van der Waals surface area contributed by atoms with E-state index in [-0.39, 0.29) is 5.91 Å². The van der Waals surface area contributed by atoms with E-state index in [9.17, 15) is 4.79 Å². The lowest BCUT2D eigenvalue weighted by Crippen LogP contribution is -2.46. The Labute approximate surface area is 106 Å². The predicted octanol–water partition coefficient (Wildman–Crippen LogP) is 0.795. The summed E-state index contributed by atoms with van der Waals surface area (Å²) in [5, 5.41) is 11.5. The number of rotatable bonds is 3. The van der Waals surface area contributed by atoms with Gasteiger partial charge in [0, 0.05) is 19.2 Å². The third-order valence-corrected chi connectivity index (χ3v) is 3.11. The number of amides is 1. The molecule has 1 amide bonds. The lowest BCUT2D eigenvalue weighted by atomic mass is 10.1. The first kappa shape index (κ1) is 12.5. The molecule has 1 aliphatic rings. The molecule has 1 aliphatic heterocycles. The molecule has 0 bridgehead atoms. The van der Waals surface area contributed by atoms with Gasteiger partial charge in [0.1, 0.15) is 0 Å². The van der Waals surface area contributed by atoms with Gasteiger partial charge in [-0.1, -0.05) is 5.16 Å². The molecule has 1 aromatic heterocycles. The van der Waals surface area contributed by atoms with Crippen LogP contribution in [0.25, 0.3) is 0 Å². The Bertz CT molecular complexity index is 440. The fourth-order valence-electron chi connectivity index (χ4n) is 2.18. The smallest absolute Gasteiger partial charge is 0.288 e. The maximum absolute atomic E-state index is 12.1. The van der Waals surface area contributed by atoms with Crippen LogP contribution in [0.5, 0.6) is 0 Å². The van der Waals surface area contributed by atoms with Gasteiger partial charge in [0.05, 0.1) is 11.8 Å². The maximum atomic E-state index is 12.1. The number of oxime groups is 1. The van der Waals surface area contributed by atoms with Crippen molar-refractivity contribution in [3.05, 3.63) is 30.1 Å². The van der Waals surface area contributed by atoms with E-state index in [2.05, 4.69) is 5.16 Å². The van der Waals surface area contributed by atoms with Gasteiger partial charge in [-0.25, -0.2) is 0 Å². The van der Waals surface area contributed by atoms with Gasteiger partial charge in [0.2, 0.25) is 6.54 Å². The molecule has 0 aromatic carbocycles. The van der Waals surface area contributed by atoms with Crippen molar-refractivity contribution >= 4 is 12.1 Å². The highest BCUT2D eigenvalue weighted by Crippen LogP contribution is 2.08. The standard InChI is InChI=1S/C13H17N3O2/c17-13(16-7-2-1-3-8-16)11-15-6-4-5-12(10-15)9-14-18/h4-6,9-10H,1-3,7-8,11H2/p+1. The summed E-state index contributed by atoms with van der Waals surface area (Å²) in [5.41, 5.74) is 0.770. The number of likely N-dealkylation sites (tertiary alicyclic amines) is 1. The molecule has 0 spiro atoms. The molecule has 0 atom stereocenters. The molecule has 0 aliphatic carbocycles. The fraction of sp³-hybridized carbons (Fsp3) is 0.462. The van der Waals surface area contributed by atoms with Crippen LogP contribution < -0.4 is 4.57 Å². The summed E-state index contributed by atoms with van der Waals surface area (Å²) >= 11 is 0. The van der Waals surface area contributed by atoms with Gasteiger partial charge in [-0.15, -0.1) is 0 Å². The van der Waals surface area contributed by atoms with Crippen LogP contribution >= 0.6 is 0 Å². The molecule has 0 unspecified atom stereocenters. The number of piperidine rings is 1. The molecular formula is C13H18N3O2+. The molecule has 2 heterocycles. The monoisotopic (exact) mass is 248 g/mol. The second kappa shape index (κ2) is 6.14. The summed E-state index contributed by atoms with van der Waals surface area (Å²) < 4.78 is 1.81. The minimum absolute atomic E-state index is 0.151. The van der Waals surface area contributed by atoms with Gasteiger partial charge in [-0.3, -0.25) is 4.79 Å². The van der Waals surface area contributed by atoms with E-state index in [1.165, 1.54) is 12.6 Å². The first-order valence-corrected chi connectivity index (χ1v) is 6.24. The summed E-state index contributed by atoms with van der Waals surface area (Å²) in [7, 11) is 0. The second-order valence-corrected chi connectivity index (χ2v) is 4.50. The summed E-state index contributed by atoms with van der Waals surface area (Å²) in [6.07, 6.45) is 8.42. The second-order valence-electron chi connectivity index (χ2n) is 4.50. The predicted molar refractivity (Wildman–Crippen MR) is 66.4 cm³/mol. The molecule has 1 aromatic rings. The first-order valence-electron chi connectivity index (χ1n) is 6.24. The first-order chi connectivity index (χ1) is 8.79. The zero-order valence-corrected chi connectivity index (χ0v) is 10.3. The molecule has 96 valence electrons. The maximum Gasteiger partial charge on any atom is 0.288 e. The lowest BCUT2D eigenvalue weighted by Gasteiger charge is -2.25. The summed E-state index contributed by atoms with van der Waals surface area (Å²) in [5.74, 6) is 0.151. The van der Waals surface area contributed by atoms with Crippen molar-refractivity contribution in [1.29, 1.82) is 0 Å². The number of hydrogen-bond acceptors (Lipinski definition) is 3. The van der Waals surface area contributed by atoms with Crippen molar-refractivity contribution in [2.24, 2.45) is 5.16 Å². The summed E-state index contributed by atoms with van der Waals surface area (Å²) in [6.45, 7) is 2.08. The van der Waals surface area contributed by atoms with Crippen LogP contribution in [0, 0.1) is 0 Å². The van der Waals surface area contributed by atoms with Crippen molar-refractivity contribution in [3.8, 4) is 0 Å². The molecule has 0 saturated carbocycles. The van der Waals surface area contributed by atoms with Gasteiger partial charge < -0.3 is 10.1 Å². The molecule has 18 heavy (non-hydrogen) atoms. The molecule has 1 saturated heterocycles. The van der Waals surface area contributed by atoms with Crippen LogP contribution in [-0.2, 0) is 11.3 Å². The molecule has 1 N–H and O–H groups in total. The number of carbonyl (C=O) groups is 1. The normalized spacial score (nSPS) is 16.1. The van der Waals surface area contributed by atoms with Gasteiger partial charge in [-0.2, -0.15) is 4.57 Å². The summed E-state index contributed by atoms with van der Waals surface area (Å²) in [6, 6.07) is 3.65. The van der Waals surface area contributed by atoms with E-state index >= 15 is 0 Å². The van der Waals surface area contributed by atoms with E-state index in [1.807, 2.05) is 27.8 Å². The Morgan fingerprint density at radius 1 is 1.44 bits per heavy atom. The van der Waals surface area contributed by atoms with E-state index in [4.69, 9.17) is 5.21 Å². The van der Waals surface area contributed by atoms with Crippen LogP contribution in [0.1, 0.15) is 24.8 Å².